The van der Waals surface area contributed by atoms with Crippen LogP contribution in [0.15, 0.2) is 91.1 Å². The van der Waals surface area contributed by atoms with E-state index >= 15 is 0 Å². The van der Waals surface area contributed by atoms with Crippen molar-refractivity contribution in [3.05, 3.63) is 108 Å². The Labute approximate surface area is 329 Å². The second-order valence-electron chi connectivity index (χ2n) is 16.1. The molecule has 3 aromatic carbocycles. The summed E-state index contributed by atoms with van der Waals surface area (Å²) >= 11 is 1.53. The van der Waals surface area contributed by atoms with Gasteiger partial charge in [-0.25, -0.2) is 9.59 Å². The minimum atomic E-state index is -0.731. The first-order chi connectivity index (χ1) is 26.2. The Kier molecular flexibility index (Phi) is 14.1. The van der Waals surface area contributed by atoms with Gasteiger partial charge >= 0.3 is 12.2 Å². The fourth-order valence-electron chi connectivity index (χ4n) is 6.84. The molecule has 0 spiro atoms. The number of hydrogen-bond donors (Lipinski definition) is 2. The highest BCUT2D eigenvalue weighted by Crippen LogP contribution is 2.30. The van der Waals surface area contributed by atoms with E-state index in [0.717, 1.165) is 17.4 Å². The molecule has 55 heavy (non-hydrogen) atoms. The van der Waals surface area contributed by atoms with Crippen molar-refractivity contribution in [3.8, 4) is 0 Å². The molecule has 10 nitrogen and oxygen atoms in total. The molecular formula is C44H56N4O6S. The van der Waals surface area contributed by atoms with Crippen LogP contribution < -0.4 is 10.6 Å². The highest BCUT2D eigenvalue weighted by atomic mass is 32.2. The van der Waals surface area contributed by atoms with Crippen LogP contribution >= 0.6 is 11.8 Å². The van der Waals surface area contributed by atoms with E-state index in [0.29, 0.717) is 56.6 Å². The quantitative estimate of drug-likeness (QED) is 0.139. The van der Waals surface area contributed by atoms with Crippen molar-refractivity contribution in [2.24, 2.45) is 0 Å². The van der Waals surface area contributed by atoms with Crippen molar-refractivity contribution in [1.29, 1.82) is 0 Å². The highest BCUT2D eigenvalue weighted by Gasteiger charge is 2.33. The number of para-hydroxylation sites is 1. The third-order valence-corrected chi connectivity index (χ3v) is 10.6. The first-order valence-electron chi connectivity index (χ1n) is 19.3. The zero-order valence-electron chi connectivity index (χ0n) is 33.0. The number of rotatable bonds is 12. The second kappa shape index (κ2) is 18.7. The number of carbonyl (C=O) groups excluding carboxylic acids is 4. The van der Waals surface area contributed by atoms with Gasteiger partial charge in [0.1, 0.15) is 17.2 Å². The van der Waals surface area contributed by atoms with Gasteiger partial charge in [-0.1, -0.05) is 78.9 Å². The standard InChI is InChI=1S/C44H56N4O6S/c1-43(2,3)53-41(51)45-25-16-15-22-36-40(50)47(26-24-34(31-17-9-7-10-18-31)32-19-11-8-12-20-32)27-28-55-38(39(49)46-36)29-33-30-48(42(52)54-44(4,5)6)37-23-14-13-21-35(33)37/h7-14,17-21,23,30,34,36,38H,15-16,22,24-29H2,1-6H3,(H,45,51)(H,46,49)/t36-,38-/m0/s1. The number of hydrogen-bond acceptors (Lipinski definition) is 7. The molecule has 0 saturated carbocycles. The molecule has 4 aromatic rings. The summed E-state index contributed by atoms with van der Waals surface area (Å²) in [5.74, 6) is 0.355. The average Bonchev–Trinajstić information content (AvgIpc) is 3.52. The molecule has 1 fully saturated rings. The second-order valence-corrected chi connectivity index (χ2v) is 17.4. The van der Waals surface area contributed by atoms with E-state index in [1.165, 1.54) is 27.5 Å². The van der Waals surface area contributed by atoms with E-state index in [-0.39, 0.29) is 17.7 Å². The number of nitrogens with one attached hydrogen (secondary N) is 2. The molecule has 1 aliphatic heterocycles. The maximum Gasteiger partial charge on any atom is 0.419 e. The molecule has 0 bridgehead atoms. The van der Waals surface area contributed by atoms with Crippen molar-refractivity contribution < 1.29 is 28.7 Å². The van der Waals surface area contributed by atoms with E-state index in [4.69, 9.17) is 9.47 Å². The Morgan fingerprint density at radius 2 is 1.47 bits per heavy atom. The number of unbranched alkanes of at least 4 members (excludes halogenated alkanes) is 1. The number of amides is 3. The fraction of sp³-hybridized carbons (Fsp3) is 0.455. The van der Waals surface area contributed by atoms with Gasteiger partial charge in [0.05, 0.1) is 10.8 Å². The lowest BCUT2D eigenvalue weighted by atomic mass is 9.88. The smallest absolute Gasteiger partial charge is 0.419 e. The molecule has 5 rings (SSSR count). The van der Waals surface area contributed by atoms with Gasteiger partial charge in [-0.15, -0.1) is 11.8 Å². The van der Waals surface area contributed by atoms with Crippen molar-refractivity contribution in [1.82, 2.24) is 20.1 Å². The summed E-state index contributed by atoms with van der Waals surface area (Å²) < 4.78 is 12.6. The van der Waals surface area contributed by atoms with Crippen LogP contribution in [0.2, 0.25) is 0 Å². The summed E-state index contributed by atoms with van der Waals surface area (Å²) in [4.78, 5) is 55.9. The van der Waals surface area contributed by atoms with Gasteiger partial charge in [0, 0.05) is 42.9 Å². The molecule has 3 amide bonds. The van der Waals surface area contributed by atoms with E-state index in [9.17, 15) is 19.2 Å². The van der Waals surface area contributed by atoms with Crippen LogP contribution in [0.25, 0.3) is 10.9 Å². The van der Waals surface area contributed by atoms with Gasteiger partial charge in [-0.2, -0.15) is 0 Å². The predicted octanol–water partition coefficient (Wildman–Crippen LogP) is 8.31. The Morgan fingerprint density at radius 1 is 0.855 bits per heavy atom. The number of carbonyl (C=O) groups is 4. The van der Waals surface area contributed by atoms with E-state index in [1.807, 2.05) is 107 Å². The molecule has 1 aliphatic rings. The van der Waals surface area contributed by atoms with Gasteiger partial charge in [-0.05, 0) is 96.4 Å². The van der Waals surface area contributed by atoms with Crippen LogP contribution in [0.5, 0.6) is 0 Å². The number of fused-ring (bicyclic) bond motifs is 1. The molecule has 2 N–H and O–H groups in total. The SMILES string of the molecule is CC(C)(C)OC(=O)NCCCC[C@@H]1NC(=O)[C@H](Cc2cn(C(=O)OC(C)(C)C)c3ccccc23)SCCN(CCC(c2ccccc2)c2ccccc2)C1=O. The van der Waals surface area contributed by atoms with E-state index in [1.54, 1.807) is 6.20 Å². The van der Waals surface area contributed by atoms with Crippen molar-refractivity contribution in [2.75, 3.05) is 25.4 Å². The summed E-state index contributed by atoms with van der Waals surface area (Å²) in [5, 5.41) is 6.31. The Balaban J connectivity index is 1.35. The molecule has 2 atom stereocenters. The highest BCUT2D eigenvalue weighted by molar-refractivity contribution is 8.00. The Bertz CT molecular complexity index is 1860. The maximum absolute atomic E-state index is 14.4. The average molecular weight is 769 g/mol. The van der Waals surface area contributed by atoms with Gasteiger partial charge in [0.15, 0.2) is 0 Å². The molecular weight excluding hydrogens is 713 g/mol. The van der Waals surface area contributed by atoms with Crippen molar-refractivity contribution in [3.63, 3.8) is 0 Å². The number of benzene rings is 3. The lowest BCUT2D eigenvalue weighted by molar-refractivity contribution is -0.136. The summed E-state index contributed by atoms with van der Waals surface area (Å²) in [5.41, 5.74) is 2.68. The molecule has 1 saturated heterocycles. The van der Waals surface area contributed by atoms with Crippen LogP contribution in [0, 0.1) is 0 Å². The molecule has 0 unspecified atom stereocenters. The van der Waals surface area contributed by atoms with Crippen LogP contribution in [0.4, 0.5) is 9.59 Å². The molecule has 2 heterocycles. The number of ether oxygens (including phenoxy) is 2. The largest absolute Gasteiger partial charge is 0.444 e. The third-order valence-electron chi connectivity index (χ3n) is 9.37. The predicted molar refractivity (Wildman–Crippen MR) is 219 cm³/mol. The van der Waals surface area contributed by atoms with Crippen molar-refractivity contribution >= 4 is 46.7 Å². The Hall–Kier alpha value is -4.77. The maximum atomic E-state index is 14.4. The number of alkyl carbamates (subject to hydrolysis) is 1. The van der Waals surface area contributed by atoms with Crippen LogP contribution in [0.1, 0.15) is 89.8 Å². The summed E-state index contributed by atoms with van der Waals surface area (Å²) in [6, 6.07) is 27.6. The topological polar surface area (TPSA) is 119 Å². The zero-order valence-corrected chi connectivity index (χ0v) is 33.8. The monoisotopic (exact) mass is 768 g/mol. The molecule has 1 aromatic heterocycles. The van der Waals surface area contributed by atoms with E-state index in [2.05, 4.69) is 34.9 Å². The van der Waals surface area contributed by atoms with Gasteiger partial charge < -0.3 is 25.0 Å². The molecule has 11 heteroatoms. The number of aromatic nitrogens is 1. The minimum Gasteiger partial charge on any atom is -0.444 e. The normalized spacial score (nSPS) is 17.0. The lowest BCUT2D eigenvalue weighted by Gasteiger charge is -2.29. The van der Waals surface area contributed by atoms with Crippen molar-refractivity contribution in [2.45, 2.75) is 102 Å². The van der Waals surface area contributed by atoms with Crippen LogP contribution in [-0.2, 0) is 25.5 Å². The van der Waals surface area contributed by atoms with Gasteiger partial charge in [-0.3, -0.25) is 14.2 Å². The Morgan fingerprint density at radius 3 is 2.11 bits per heavy atom. The molecule has 0 aliphatic carbocycles. The third kappa shape index (κ3) is 12.1. The lowest BCUT2D eigenvalue weighted by Crippen LogP contribution is -2.50. The first kappa shape index (κ1) is 41.4. The molecule has 294 valence electrons. The number of nitrogens with zero attached hydrogens (tertiary/aromatic N) is 2. The van der Waals surface area contributed by atoms with Gasteiger partial charge in [0.2, 0.25) is 11.8 Å². The fourth-order valence-corrected chi connectivity index (χ4v) is 7.97. The summed E-state index contributed by atoms with van der Waals surface area (Å²) in [6.07, 6.45) is 3.56. The zero-order chi connectivity index (χ0) is 39.6. The minimum absolute atomic E-state index is 0.0949. The van der Waals surface area contributed by atoms with Gasteiger partial charge in [0.25, 0.3) is 0 Å². The summed E-state index contributed by atoms with van der Waals surface area (Å²) in [7, 11) is 0. The van der Waals surface area contributed by atoms with Crippen LogP contribution in [0.3, 0.4) is 0 Å². The molecule has 0 radical (unpaired) electrons. The van der Waals surface area contributed by atoms with Crippen LogP contribution in [-0.4, -0.2) is 81.3 Å². The summed E-state index contributed by atoms with van der Waals surface area (Å²) in [6.45, 7) is 12.3. The van der Waals surface area contributed by atoms with E-state index < -0.39 is 34.7 Å². The first-order valence-corrected chi connectivity index (χ1v) is 20.3. The number of thioether (sulfide) groups is 1.